The average Bonchev–Trinajstić information content (AvgIpc) is 3.26. The van der Waals surface area contributed by atoms with Crippen molar-refractivity contribution in [1.82, 2.24) is 9.71 Å². The van der Waals surface area contributed by atoms with E-state index in [1.807, 2.05) is 13.8 Å². The molecule has 35 heavy (non-hydrogen) atoms. The maximum absolute atomic E-state index is 14.5. The summed E-state index contributed by atoms with van der Waals surface area (Å²) in [7, 11) is -2.68. The van der Waals surface area contributed by atoms with Crippen LogP contribution in [0.15, 0.2) is 46.2 Å². The summed E-state index contributed by atoms with van der Waals surface area (Å²) >= 11 is 0.910. The summed E-state index contributed by atoms with van der Waals surface area (Å²) in [5.41, 5.74) is 1.17. The molecule has 2 N–H and O–H groups in total. The van der Waals surface area contributed by atoms with E-state index in [4.69, 9.17) is 4.74 Å². The summed E-state index contributed by atoms with van der Waals surface area (Å²) in [4.78, 5) is 17.0. The quantitative estimate of drug-likeness (QED) is 0.415. The molecule has 1 radical (unpaired) electrons. The van der Waals surface area contributed by atoms with Crippen molar-refractivity contribution in [3.05, 3.63) is 64.5 Å². The van der Waals surface area contributed by atoms with Gasteiger partial charge in [0.05, 0.1) is 19.1 Å². The molecule has 0 spiro atoms. The molecule has 1 amide bonds. The van der Waals surface area contributed by atoms with Crippen LogP contribution in [-0.4, -0.2) is 82.9 Å². The first-order chi connectivity index (χ1) is 15.8. The minimum atomic E-state index is -4.15. The zero-order valence-electron chi connectivity index (χ0n) is 20.5. The van der Waals surface area contributed by atoms with Gasteiger partial charge in [0.1, 0.15) is 15.8 Å². The van der Waals surface area contributed by atoms with E-state index in [1.165, 1.54) is 43.1 Å². The van der Waals surface area contributed by atoms with Crippen LogP contribution in [0.25, 0.3) is 11.1 Å². The van der Waals surface area contributed by atoms with Crippen LogP contribution >= 0.6 is 11.3 Å². The fourth-order valence-corrected chi connectivity index (χ4v) is 5.87. The molecular weight excluding hydrogens is 519 g/mol. The third kappa shape index (κ3) is 7.19. The van der Waals surface area contributed by atoms with Crippen LogP contribution in [0.5, 0.6) is 5.75 Å². The Morgan fingerprint density at radius 1 is 1.26 bits per heavy atom. The Kier molecular flexibility index (Phi) is 10.2. The zero-order chi connectivity index (χ0) is 25.3. The molecule has 11 heteroatoms. The predicted octanol–water partition coefficient (Wildman–Crippen LogP) is 3.98. The predicted molar refractivity (Wildman–Crippen MR) is 135 cm³/mol. The van der Waals surface area contributed by atoms with Crippen molar-refractivity contribution >= 4 is 78.7 Å². The minimum Gasteiger partial charge on any atom is -0.496 e. The number of rotatable bonds is 8. The van der Waals surface area contributed by atoms with Crippen LogP contribution in [0, 0.1) is 5.82 Å². The standard InChI is InChI=1S/C24H27FN2O5S2.K/c1-14(2)17-9-16(25)10-18(20-12-26-7-6-21(20)32-5)19(17)11-22(28)27-34(30,31)23-8-15(13-33-23)24(3,4)29;/h6-10,12-14,29H,11H2,1-5H3,(H,27,28);. The number of hydrogen-bond acceptors (Lipinski definition) is 7. The summed E-state index contributed by atoms with van der Waals surface area (Å²) in [6.45, 7) is 6.81. The third-order valence-electron chi connectivity index (χ3n) is 5.29. The Labute approximate surface area is 251 Å². The topological polar surface area (TPSA) is 106 Å². The van der Waals surface area contributed by atoms with E-state index in [0.717, 1.165) is 11.3 Å². The number of aromatic nitrogens is 1. The number of carbonyl (C=O) groups is 1. The fourth-order valence-electron chi connectivity index (χ4n) is 3.55. The molecule has 1 aromatic carbocycles. The molecule has 3 aromatic rings. The largest absolute Gasteiger partial charge is 0.496 e. The van der Waals surface area contributed by atoms with E-state index < -0.39 is 27.3 Å². The van der Waals surface area contributed by atoms with Crippen LogP contribution in [0.1, 0.15) is 50.3 Å². The van der Waals surface area contributed by atoms with Gasteiger partial charge in [-0.2, -0.15) is 0 Å². The second-order valence-corrected chi connectivity index (χ2v) is 11.5. The number of aliphatic hydroxyl groups is 1. The smallest absolute Gasteiger partial charge is 0.273 e. The van der Waals surface area contributed by atoms with E-state index in [9.17, 15) is 22.7 Å². The van der Waals surface area contributed by atoms with Crippen molar-refractivity contribution in [3.8, 4) is 16.9 Å². The van der Waals surface area contributed by atoms with Gasteiger partial charge in [-0.15, -0.1) is 11.3 Å². The molecule has 7 nitrogen and oxygen atoms in total. The van der Waals surface area contributed by atoms with Gasteiger partial charge in [0.15, 0.2) is 0 Å². The summed E-state index contributed by atoms with van der Waals surface area (Å²) in [5.74, 6) is -0.944. The molecule has 2 aromatic heterocycles. The van der Waals surface area contributed by atoms with Gasteiger partial charge < -0.3 is 9.84 Å². The van der Waals surface area contributed by atoms with Gasteiger partial charge in [0.2, 0.25) is 5.91 Å². The van der Waals surface area contributed by atoms with Crippen molar-refractivity contribution in [2.75, 3.05) is 7.11 Å². The van der Waals surface area contributed by atoms with Gasteiger partial charge in [0.25, 0.3) is 10.0 Å². The van der Waals surface area contributed by atoms with E-state index in [-0.39, 0.29) is 67.9 Å². The van der Waals surface area contributed by atoms with Crippen molar-refractivity contribution in [2.24, 2.45) is 0 Å². The first-order valence-electron chi connectivity index (χ1n) is 10.5. The second kappa shape index (κ2) is 11.9. The molecule has 3 rings (SSSR count). The van der Waals surface area contributed by atoms with E-state index in [0.29, 0.717) is 33.6 Å². The number of sulfonamides is 1. The van der Waals surface area contributed by atoms with E-state index in [1.54, 1.807) is 19.9 Å². The Morgan fingerprint density at radius 2 is 1.94 bits per heavy atom. The summed E-state index contributed by atoms with van der Waals surface area (Å²) in [5, 5.41) is 11.6. The number of benzene rings is 1. The molecule has 0 aliphatic carbocycles. The molecule has 0 unspecified atom stereocenters. The number of thiophene rings is 1. The minimum absolute atomic E-state index is 0. The van der Waals surface area contributed by atoms with Crippen LogP contribution in [0.3, 0.4) is 0 Å². The van der Waals surface area contributed by atoms with E-state index in [2.05, 4.69) is 9.71 Å². The Bertz CT molecular complexity index is 1320. The number of carbonyl (C=O) groups excluding carboxylic acids is 1. The van der Waals surface area contributed by atoms with E-state index >= 15 is 0 Å². The Balaban J connectivity index is 0.00000432. The normalized spacial score (nSPS) is 11.8. The second-order valence-electron chi connectivity index (χ2n) is 8.67. The molecule has 0 bridgehead atoms. The molecule has 0 fully saturated rings. The SMILES string of the molecule is COc1ccncc1-c1cc(F)cc(C(C)C)c1CC(=O)NS(=O)(=O)c1cc(C(C)(C)O)cs1.[K]. The van der Waals surface area contributed by atoms with Crippen molar-refractivity contribution in [1.29, 1.82) is 0 Å². The van der Waals surface area contributed by atoms with Crippen molar-refractivity contribution in [2.45, 2.75) is 49.8 Å². The van der Waals surface area contributed by atoms with Gasteiger partial charge in [-0.3, -0.25) is 9.78 Å². The molecule has 0 aliphatic rings. The number of pyridine rings is 1. The number of nitrogens with zero attached hydrogens (tertiary/aromatic N) is 1. The molecule has 2 heterocycles. The van der Waals surface area contributed by atoms with Gasteiger partial charge in [-0.25, -0.2) is 17.5 Å². The molecule has 183 valence electrons. The maximum atomic E-state index is 14.5. The zero-order valence-corrected chi connectivity index (χ0v) is 25.3. The first kappa shape index (κ1) is 30.0. The molecule has 0 saturated carbocycles. The number of methoxy groups -OCH3 is 1. The van der Waals surface area contributed by atoms with Crippen molar-refractivity contribution in [3.63, 3.8) is 0 Å². The number of nitrogens with one attached hydrogen (secondary N) is 1. The van der Waals surface area contributed by atoms with Gasteiger partial charge >= 0.3 is 0 Å². The van der Waals surface area contributed by atoms with Gasteiger partial charge in [-0.05, 0) is 71.7 Å². The summed E-state index contributed by atoms with van der Waals surface area (Å²) < 4.78 is 47.6. The first-order valence-corrected chi connectivity index (χ1v) is 12.9. The van der Waals surface area contributed by atoms with Gasteiger partial charge in [0, 0.05) is 69.3 Å². The number of ether oxygens (including phenoxy) is 1. The van der Waals surface area contributed by atoms with Crippen LogP contribution < -0.4 is 9.46 Å². The van der Waals surface area contributed by atoms with Crippen LogP contribution in [0.2, 0.25) is 0 Å². The Morgan fingerprint density at radius 3 is 2.51 bits per heavy atom. The number of halogens is 1. The molecular formula is C24H27FKN2O5S2. The number of hydrogen-bond donors (Lipinski definition) is 2. The monoisotopic (exact) mass is 545 g/mol. The van der Waals surface area contributed by atoms with Crippen LogP contribution in [0.4, 0.5) is 4.39 Å². The summed E-state index contributed by atoms with van der Waals surface area (Å²) in [6.07, 6.45) is 2.75. The van der Waals surface area contributed by atoms with Crippen molar-refractivity contribution < 1.29 is 27.4 Å². The average molecular weight is 546 g/mol. The molecule has 0 aliphatic heterocycles. The van der Waals surface area contributed by atoms with Gasteiger partial charge in [-0.1, -0.05) is 13.8 Å². The van der Waals surface area contributed by atoms with Crippen LogP contribution in [-0.2, 0) is 26.8 Å². The number of amides is 1. The summed E-state index contributed by atoms with van der Waals surface area (Å²) in [6, 6.07) is 5.60. The molecule has 0 saturated heterocycles. The molecule has 0 atom stereocenters. The third-order valence-corrected chi connectivity index (χ3v) is 8.11. The fraction of sp³-hybridized carbons (Fsp3) is 0.333. The Hall–Kier alpha value is -1.18. The maximum Gasteiger partial charge on any atom is 0.273 e.